The third kappa shape index (κ3) is 4.42. The first-order valence-corrected chi connectivity index (χ1v) is 11.5. The predicted molar refractivity (Wildman–Crippen MR) is 126 cm³/mol. The first-order valence-electron chi connectivity index (χ1n) is 10.6. The van der Waals surface area contributed by atoms with Crippen LogP contribution in [0.3, 0.4) is 0 Å². The maximum atomic E-state index is 13.8. The Labute approximate surface area is 190 Å². The van der Waals surface area contributed by atoms with Gasteiger partial charge in [0.15, 0.2) is 10.9 Å². The van der Waals surface area contributed by atoms with Crippen molar-refractivity contribution in [3.63, 3.8) is 0 Å². The fourth-order valence-electron chi connectivity index (χ4n) is 3.82. The summed E-state index contributed by atoms with van der Waals surface area (Å²) in [6.45, 7) is 3.10. The summed E-state index contributed by atoms with van der Waals surface area (Å²) in [4.78, 5) is 29.4. The normalized spacial score (nSPS) is 12.3. The number of aromatic nitrogens is 4. The number of carbonyl (C=O) groups is 1. The molecule has 2 aromatic carbocycles. The standard InChI is InChI=1S/C24H26N4O3S/c1-3-16-11-7-12-18-19(15-25-20(16)18)21(29)22(17-9-5-4-6-10-17)32-24-27-26-23(30)28(24)13-8-14-31-2/h4-7,9-12,15,22,25H,3,8,13-14H2,1-2H3,(H,26,30). The third-order valence-electron chi connectivity index (χ3n) is 5.47. The largest absolute Gasteiger partial charge is 0.385 e. The summed E-state index contributed by atoms with van der Waals surface area (Å²) < 4.78 is 6.67. The summed E-state index contributed by atoms with van der Waals surface area (Å²) >= 11 is 1.29. The number of H-pyrrole nitrogens is 2. The van der Waals surface area contributed by atoms with E-state index in [1.54, 1.807) is 17.9 Å². The second-order valence-corrected chi connectivity index (χ2v) is 8.55. The second-order valence-electron chi connectivity index (χ2n) is 7.48. The number of carbonyl (C=O) groups excluding carboxylic acids is 1. The van der Waals surface area contributed by atoms with Crippen LogP contribution in [0.1, 0.15) is 40.1 Å². The van der Waals surface area contributed by atoms with Crippen molar-refractivity contribution >= 4 is 28.4 Å². The molecule has 0 amide bonds. The van der Waals surface area contributed by atoms with Crippen LogP contribution >= 0.6 is 11.8 Å². The van der Waals surface area contributed by atoms with E-state index >= 15 is 0 Å². The molecule has 7 nitrogen and oxygen atoms in total. The fraction of sp³-hybridized carbons (Fsp3) is 0.292. The number of nitrogens with zero attached hydrogens (tertiary/aromatic N) is 2. The number of rotatable bonds is 10. The van der Waals surface area contributed by atoms with E-state index < -0.39 is 5.25 Å². The molecule has 166 valence electrons. The van der Waals surface area contributed by atoms with Crippen LogP contribution in [0.5, 0.6) is 0 Å². The number of para-hydroxylation sites is 1. The molecule has 1 atom stereocenters. The van der Waals surface area contributed by atoms with Crippen molar-refractivity contribution in [1.29, 1.82) is 0 Å². The van der Waals surface area contributed by atoms with Crippen LogP contribution in [0.15, 0.2) is 64.7 Å². The van der Waals surface area contributed by atoms with Crippen LogP contribution in [0.4, 0.5) is 0 Å². The lowest BCUT2D eigenvalue weighted by molar-refractivity contribution is 0.0991. The van der Waals surface area contributed by atoms with Gasteiger partial charge in [0.2, 0.25) is 0 Å². The molecular formula is C24H26N4O3S. The Kier molecular flexibility index (Phi) is 6.92. The van der Waals surface area contributed by atoms with Crippen molar-refractivity contribution in [2.24, 2.45) is 0 Å². The highest BCUT2D eigenvalue weighted by Gasteiger charge is 2.28. The minimum Gasteiger partial charge on any atom is -0.385 e. The molecule has 0 bridgehead atoms. The van der Waals surface area contributed by atoms with Crippen molar-refractivity contribution < 1.29 is 9.53 Å². The zero-order valence-corrected chi connectivity index (χ0v) is 18.9. The van der Waals surface area contributed by atoms with Gasteiger partial charge < -0.3 is 9.72 Å². The van der Waals surface area contributed by atoms with Gasteiger partial charge in [-0.1, -0.05) is 67.2 Å². The van der Waals surface area contributed by atoms with Gasteiger partial charge in [0.1, 0.15) is 5.25 Å². The number of benzene rings is 2. The number of nitrogens with one attached hydrogen (secondary N) is 2. The average molecular weight is 451 g/mol. The van der Waals surface area contributed by atoms with E-state index in [4.69, 9.17) is 4.74 Å². The fourth-order valence-corrected chi connectivity index (χ4v) is 4.96. The van der Waals surface area contributed by atoms with E-state index in [-0.39, 0.29) is 11.5 Å². The molecule has 2 N–H and O–H groups in total. The van der Waals surface area contributed by atoms with Gasteiger partial charge in [0.05, 0.1) is 0 Å². The molecule has 0 fully saturated rings. The number of aromatic amines is 2. The van der Waals surface area contributed by atoms with Gasteiger partial charge in [-0.15, -0.1) is 5.10 Å². The number of methoxy groups -OCH3 is 1. The van der Waals surface area contributed by atoms with Crippen LogP contribution in [0.25, 0.3) is 10.9 Å². The molecule has 2 heterocycles. The Hall–Kier alpha value is -3.10. The Morgan fingerprint density at radius 1 is 1.19 bits per heavy atom. The summed E-state index contributed by atoms with van der Waals surface area (Å²) in [5.74, 6) is -0.0282. The zero-order chi connectivity index (χ0) is 22.5. The first-order chi connectivity index (χ1) is 15.6. The highest BCUT2D eigenvalue weighted by Crippen LogP contribution is 2.38. The van der Waals surface area contributed by atoms with Gasteiger partial charge in [0, 0.05) is 42.9 Å². The molecule has 8 heteroatoms. The molecule has 32 heavy (non-hydrogen) atoms. The van der Waals surface area contributed by atoms with E-state index in [1.165, 1.54) is 17.3 Å². The lowest BCUT2D eigenvalue weighted by Crippen LogP contribution is -2.19. The molecule has 0 aliphatic heterocycles. The Morgan fingerprint density at radius 2 is 2.00 bits per heavy atom. The van der Waals surface area contributed by atoms with Crippen LogP contribution in [0, 0.1) is 0 Å². The van der Waals surface area contributed by atoms with Gasteiger partial charge >= 0.3 is 5.69 Å². The van der Waals surface area contributed by atoms with Crippen LogP contribution in [-0.4, -0.2) is 39.2 Å². The Balaban J connectivity index is 1.72. The monoisotopic (exact) mass is 450 g/mol. The van der Waals surface area contributed by atoms with Gasteiger partial charge in [-0.05, 0) is 24.0 Å². The zero-order valence-electron chi connectivity index (χ0n) is 18.1. The predicted octanol–water partition coefficient (Wildman–Crippen LogP) is 4.37. The molecule has 0 aliphatic carbocycles. The summed E-state index contributed by atoms with van der Waals surface area (Å²) in [5.41, 5.74) is 3.38. The number of aryl methyl sites for hydroxylation is 1. The van der Waals surface area contributed by atoms with Crippen molar-refractivity contribution in [2.45, 2.75) is 36.7 Å². The second kappa shape index (κ2) is 10.0. The Bertz CT molecular complexity index is 1260. The molecule has 2 aromatic heterocycles. The molecule has 0 saturated carbocycles. The minimum absolute atomic E-state index is 0.0282. The highest BCUT2D eigenvalue weighted by atomic mass is 32.2. The maximum absolute atomic E-state index is 13.8. The number of ether oxygens (including phenoxy) is 1. The highest BCUT2D eigenvalue weighted by molar-refractivity contribution is 8.00. The molecule has 1 unspecified atom stereocenters. The SMILES string of the molecule is CCc1cccc2c(C(=O)C(Sc3n[nH]c(=O)n3CCCOC)c3ccccc3)c[nH]c12. The molecule has 4 rings (SSSR count). The lowest BCUT2D eigenvalue weighted by atomic mass is 10.0. The summed E-state index contributed by atoms with van der Waals surface area (Å²) in [6, 6.07) is 15.6. The van der Waals surface area contributed by atoms with E-state index in [0.29, 0.717) is 30.3 Å². The van der Waals surface area contributed by atoms with E-state index in [9.17, 15) is 9.59 Å². The smallest absolute Gasteiger partial charge is 0.343 e. The van der Waals surface area contributed by atoms with Crippen LogP contribution < -0.4 is 5.69 Å². The molecular weight excluding hydrogens is 424 g/mol. The number of fused-ring (bicyclic) bond motifs is 1. The molecule has 0 saturated heterocycles. The van der Waals surface area contributed by atoms with E-state index in [1.807, 2.05) is 42.5 Å². The van der Waals surface area contributed by atoms with Crippen LogP contribution in [0.2, 0.25) is 0 Å². The number of thioether (sulfide) groups is 1. The van der Waals surface area contributed by atoms with Crippen molar-refractivity contribution in [3.05, 3.63) is 81.9 Å². The number of hydrogen-bond acceptors (Lipinski definition) is 5. The van der Waals surface area contributed by atoms with Gasteiger partial charge in [-0.2, -0.15) is 0 Å². The third-order valence-corrected chi connectivity index (χ3v) is 6.71. The van der Waals surface area contributed by atoms with E-state index in [2.05, 4.69) is 28.2 Å². The van der Waals surface area contributed by atoms with Crippen LogP contribution in [-0.2, 0) is 17.7 Å². The van der Waals surface area contributed by atoms with Crippen molar-refractivity contribution in [1.82, 2.24) is 19.7 Å². The van der Waals surface area contributed by atoms with Crippen molar-refractivity contribution in [2.75, 3.05) is 13.7 Å². The average Bonchev–Trinajstić information content (AvgIpc) is 3.41. The van der Waals surface area contributed by atoms with Gasteiger partial charge in [0.25, 0.3) is 0 Å². The summed E-state index contributed by atoms with van der Waals surface area (Å²) in [5, 5.41) is 7.57. The first kappa shape index (κ1) is 22.1. The molecule has 0 aliphatic rings. The lowest BCUT2D eigenvalue weighted by Gasteiger charge is -2.16. The van der Waals surface area contributed by atoms with Gasteiger partial charge in [-0.3, -0.25) is 9.36 Å². The van der Waals surface area contributed by atoms with Crippen molar-refractivity contribution in [3.8, 4) is 0 Å². The summed E-state index contributed by atoms with van der Waals surface area (Å²) in [6.07, 6.45) is 3.35. The maximum Gasteiger partial charge on any atom is 0.343 e. The Morgan fingerprint density at radius 3 is 2.75 bits per heavy atom. The molecule has 0 spiro atoms. The van der Waals surface area contributed by atoms with E-state index in [0.717, 1.165) is 22.9 Å². The molecule has 4 aromatic rings. The minimum atomic E-state index is -0.545. The molecule has 0 radical (unpaired) electrons. The number of ketones is 1. The van der Waals surface area contributed by atoms with Gasteiger partial charge in [-0.25, -0.2) is 9.89 Å². The number of Topliss-reactive ketones (excluding diaryl/α,β-unsaturated/α-hetero) is 1. The summed E-state index contributed by atoms with van der Waals surface area (Å²) in [7, 11) is 1.63. The number of hydrogen-bond donors (Lipinski definition) is 2. The quantitative estimate of drug-likeness (QED) is 0.213. The topological polar surface area (TPSA) is 92.8 Å².